The van der Waals surface area contributed by atoms with E-state index in [2.05, 4.69) is 0 Å². The molecule has 19 heavy (non-hydrogen) atoms. The van der Waals surface area contributed by atoms with E-state index in [0.717, 1.165) is 24.2 Å². The first-order valence-corrected chi connectivity index (χ1v) is 6.76. The van der Waals surface area contributed by atoms with E-state index in [1.165, 1.54) is 0 Å². The SMILES string of the molecule is Cc1cccc(OCCN(C2CC2)C(C)C(=O)O)c1. The molecule has 1 atom stereocenters. The summed E-state index contributed by atoms with van der Waals surface area (Å²) in [5.74, 6) is 0.0844. The van der Waals surface area contributed by atoms with Gasteiger partial charge >= 0.3 is 5.97 Å². The second-order valence-electron chi connectivity index (χ2n) is 5.15. The van der Waals surface area contributed by atoms with Crippen molar-refractivity contribution in [3.63, 3.8) is 0 Å². The lowest BCUT2D eigenvalue weighted by molar-refractivity contribution is -0.143. The predicted octanol–water partition coefficient (Wildman–Crippen LogP) is 2.31. The standard InChI is InChI=1S/C15H21NO3/c1-11-4-3-5-14(10-11)19-9-8-16(13-6-7-13)12(2)15(17)18/h3-5,10,12-13H,6-9H2,1-2H3,(H,17,18). The summed E-state index contributed by atoms with van der Waals surface area (Å²) in [5.41, 5.74) is 1.16. The van der Waals surface area contributed by atoms with Crippen LogP contribution < -0.4 is 4.74 Å². The van der Waals surface area contributed by atoms with Crippen molar-refractivity contribution in [1.29, 1.82) is 0 Å². The van der Waals surface area contributed by atoms with E-state index < -0.39 is 12.0 Å². The Morgan fingerprint density at radius 3 is 2.84 bits per heavy atom. The number of hydrogen-bond donors (Lipinski definition) is 1. The summed E-state index contributed by atoms with van der Waals surface area (Å²) in [7, 11) is 0. The Kier molecular flexibility index (Phi) is 4.43. The zero-order chi connectivity index (χ0) is 13.8. The van der Waals surface area contributed by atoms with Gasteiger partial charge in [-0.2, -0.15) is 0 Å². The quantitative estimate of drug-likeness (QED) is 0.820. The molecule has 4 heteroatoms. The van der Waals surface area contributed by atoms with E-state index in [9.17, 15) is 4.79 Å². The Hall–Kier alpha value is -1.55. The molecule has 0 radical (unpaired) electrons. The molecule has 1 aliphatic rings. The van der Waals surface area contributed by atoms with Crippen LogP contribution in [0.4, 0.5) is 0 Å². The molecule has 1 unspecified atom stereocenters. The van der Waals surface area contributed by atoms with Crippen LogP contribution in [0.25, 0.3) is 0 Å². The van der Waals surface area contributed by atoms with Crippen LogP contribution in [0.15, 0.2) is 24.3 Å². The third kappa shape index (κ3) is 3.96. The minimum atomic E-state index is -0.762. The van der Waals surface area contributed by atoms with E-state index in [4.69, 9.17) is 9.84 Å². The molecule has 4 nitrogen and oxygen atoms in total. The van der Waals surface area contributed by atoms with Crippen molar-refractivity contribution >= 4 is 5.97 Å². The predicted molar refractivity (Wildman–Crippen MR) is 73.5 cm³/mol. The first kappa shape index (κ1) is 13.9. The van der Waals surface area contributed by atoms with Gasteiger partial charge in [-0.15, -0.1) is 0 Å². The lowest BCUT2D eigenvalue weighted by atomic mass is 10.2. The van der Waals surface area contributed by atoms with E-state index in [1.807, 2.05) is 36.1 Å². The fourth-order valence-electron chi connectivity index (χ4n) is 2.21. The lowest BCUT2D eigenvalue weighted by Crippen LogP contribution is -2.42. The second-order valence-corrected chi connectivity index (χ2v) is 5.15. The first-order valence-electron chi connectivity index (χ1n) is 6.76. The zero-order valence-electron chi connectivity index (χ0n) is 11.5. The largest absolute Gasteiger partial charge is 0.492 e. The fourth-order valence-corrected chi connectivity index (χ4v) is 2.21. The maximum absolute atomic E-state index is 11.1. The van der Waals surface area contributed by atoms with Crippen LogP contribution >= 0.6 is 0 Å². The summed E-state index contributed by atoms with van der Waals surface area (Å²) in [5, 5.41) is 9.10. The zero-order valence-corrected chi connectivity index (χ0v) is 11.5. The van der Waals surface area contributed by atoms with Crippen molar-refractivity contribution in [1.82, 2.24) is 4.90 Å². The molecule has 104 valence electrons. The highest BCUT2D eigenvalue weighted by molar-refractivity contribution is 5.73. The number of aryl methyl sites for hydroxylation is 1. The van der Waals surface area contributed by atoms with Crippen LogP contribution in [0, 0.1) is 6.92 Å². The molecule has 0 bridgehead atoms. The number of carboxylic acids is 1. The van der Waals surface area contributed by atoms with Crippen LogP contribution in [0.3, 0.4) is 0 Å². The van der Waals surface area contributed by atoms with Crippen molar-refractivity contribution in [2.24, 2.45) is 0 Å². The molecule has 1 saturated carbocycles. The van der Waals surface area contributed by atoms with Crippen LogP contribution in [0.2, 0.25) is 0 Å². The third-order valence-electron chi connectivity index (χ3n) is 3.48. The topological polar surface area (TPSA) is 49.8 Å². The summed E-state index contributed by atoms with van der Waals surface area (Å²) in [6.07, 6.45) is 2.20. The van der Waals surface area contributed by atoms with Gasteiger partial charge in [0.25, 0.3) is 0 Å². The summed E-state index contributed by atoms with van der Waals surface area (Å²) < 4.78 is 5.69. The number of benzene rings is 1. The second kappa shape index (κ2) is 6.06. The minimum Gasteiger partial charge on any atom is -0.492 e. The molecule has 0 aromatic heterocycles. The monoisotopic (exact) mass is 263 g/mol. The smallest absolute Gasteiger partial charge is 0.320 e. The van der Waals surface area contributed by atoms with Gasteiger partial charge in [-0.1, -0.05) is 12.1 Å². The van der Waals surface area contributed by atoms with Gasteiger partial charge in [-0.05, 0) is 44.4 Å². The molecule has 1 aromatic carbocycles. The van der Waals surface area contributed by atoms with Crippen molar-refractivity contribution in [2.75, 3.05) is 13.2 Å². The van der Waals surface area contributed by atoms with Crippen molar-refractivity contribution < 1.29 is 14.6 Å². The van der Waals surface area contributed by atoms with E-state index in [0.29, 0.717) is 19.2 Å². The molecule has 0 saturated heterocycles. The van der Waals surface area contributed by atoms with Crippen LogP contribution in [-0.4, -0.2) is 41.2 Å². The highest BCUT2D eigenvalue weighted by Gasteiger charge is 2.34. The van der Waals surface area contributed by atoms with Crippen molar-refractivity contribution in [2.45, 2.75) is 38.8 Å². The molecule has 1 fully saturated rings. The van der Waals surface area contributed by atoms with Gasteiger partial charge in [0.1, 0.15) is 18.4 Å². The third-order valence-corrected chi connectivity index (χ3v) is 3.48. The van der Waals surface area contributed by atoms with Gasteiger partial charge in [0.05, 0.1) is 0 Å². The van der Waals surface area contributed by atoms with Gasteiger partial charge < -0.3 is 9.84 Å². The van der Waals surface area contributed by atoms with Crippen LogP contribution in [-0.2, 0) is 4.79 Å². The minimum absolute atomic E-state index is 0.423. The first-order chi connectivity index (χ1) is 9.08. The molecule has 1 aliphatic carbocycles. The van der Waals surface area contributed by atoms with Crippen molar-refractivity contribution in [3.05, 3.63) is 29.8 Å². The highest BCUT2D eigenvalue weighted by atomic mass is 16.5. The van der Waals surface area contributed by atoms with E-state index >= 15 is 0 Å². The van der Waals surface area contributed by atoms with Gasteiger partial charge in [0.2, 0.25) is 0 Å². The summed E-state index contributed by atoms with van der Waals surface area (Å²) >= 11 is 0. The van der Waals surface area contributed by atoms with Crippen LogP contribution in [0.5, 0.6) is 5.75 Å². The van der Waals surface area contributed by atoms with E-state index in [-0.39, 0.29) is 0 Å². The molecular formula is C15H21NO3. The number of rotatable bonds is 7. The number of ether oxygens (including phenoxy) is 1. The normalized spacial score (nSPS) is 16.4. The number of carbonyl (C=O) groups is 1. The average molecular weight is 263 g/mol. The molecule has 0 heterocycles. The Morgan fingerprint density at radius 1 is 1.53 bits per heavy atom. The number of hydrogen-bond acceptors (Lipinski definition) is 3. The fraction of sp³-hybridized carbons (Fsp3) is 0.533. The summed E-state index contributed by atoms with van der Waals surface area (Å²) in [4.78, 5) is 13.1. The average Bonchev–Trinajstić information content (AvgIpc) is 3.18. The maximum atomic E-state index is 11.1. The number of nitrogens with zero attached hydrogens (tertiary/aromatic N) is 1. The van der Waals surface area contributed by atoms with E-state index in [1.54, 1.807) is 6.92 Å². The molecular weight excluding hydrogens is 242 g/mol. The molecule has 0 spiro atoms. The van der Waals surface area contributed by atoms with Gasteiger partial charge in [0.15, 0.2) is 0 Å². The Morgan fingerprint density at radius 2 is 2.26 bits per heavy atom. The van der Waals surface area contributed by atoms with Gasteiger partial charge in [-0.25, -0.2) is 0 Å². The van der Waals surface area contributed by atoms with Crippen molar-refractivity contribution in [3.8, 4) is 5.75 Å². The highest BCUT2D eigenvalue weighted by Crippen LogP contribution is 2.28. The molecule has 0 aliphatic heterocycles. The Labute approximate surface area is 114 Å². The molecule has 1 aromatic rings. The molecule has 1 N–H and O–H groups in total. The Bertz CT molecular complexity index is 443. The number of carboxylic acid groups (broad SMARTS) is 1. The van der Waals surface area contributed by atoms with Crippen LogP contribution in [0.1, 0.15) is 25.3 Å². The Balaban J connectivity index is 1.84. The lowest BCUT2D eigenvalue weighted by Gasteiger charge is -2.25. The molecule has 0 amide bonds. The van der Waals surface area contributed by atoms with Gasteiger partial charge in [0, 0.05) is 12.6 Å². The summed E-state index contributed by atoms with van der Waals surface area (Å²) in [6.45, 7) is 4.95. The maximum Gasteiger partial charge on any atom is 0.320 e. The number of aliphatic carboxylic acids is 1. The summed E-state index contributed by atoms with van der Waals surface area (Å²) in [6, 6.07) is 7.89. The van der Waals surface area contributed by atoms with Gasteiger partial charge in [-0.3, -0.25) is 9.69 Å². The molecule has 2 rings (SSSR count).